The first-order chi connectivity index (χ1) is 12.0. The number of unbranched alkanes of at least 4 members (excludes halogenated alkanes) is 8. The third-order valence-corrected chi connectivity index (χ3v) is 3.73. The molecule has 0 radical (unpaired) electrons. The van der Waals surface area contributed by atoms with Gasteiger partial charge in [0.1, 0.15) is 0 Å². The van der Waals surface area contributed by atoms with E-state index in [0.717, 1.165) is 38.5 Å². The molecule has 25 heavy (non-hydrogen) atoms. The average molecular weight is 362 g/mol. The Bertz CT molecular complexity index is 374. The summed E-state index contributed by atoms with van der Waals surface area (Å²) in [5.41, 5.74) is 0. The van der Waals surface area contributed by atoms with E-state index in [9.17, 15) is 18.0 Å². The highest BCUT2D eigenvalue weighted by Gasteiger charge is 2.29. The van der Waals surface area contributed by atoms with Crippen molar-refractivity contribution in [2.75, 3.05) is 6.61 Å². The van der Waals surface area contributed by atoms with Crippen molar-refractivity contribution in [3.05, 3.63) is 24.3 Å². The molecule has 2 nitrogen and oxygen atoms in total. The number of allylic oxidation sites excluding steroid dienone is 4. The second-order valence-electron chi connectivity index (χ2n) is 6.26. The van der Waals surface area contributed by atoms with E-state index in [0.29, 0.717) is 6.42 Å². The molecular formula is C20H33F3O2. The van der Waals surface area contributed by atoms with Crippen LogP contribution in [0.5, 0.6) is 0 Å². The van der Waals surface area contributed by atoms with Gasteiger partial charge in [0.05, 0.1) is 0 Å². The summed E-state index contributed by atoms with van der Waals surface area (Å²) in [6.07, 6.45) is 16.2. The maximum atomic E-state index is 11.9. The number of carbonyl (C=O) groups is 1. The highest BCUT2D eigenvalue weighted by Crippen LogP contribution is 2.15. The van der Waals surface area contributed by atoms with Crippen molar-refractivity contribution in [1.82, 2.24) is 0 Å². The van der Waals surface area contributed by atoms with Crippen molar-refractivity contribution in [1.29, 1.82) is 0 Å². The van der Waals surface area contributed by atoms with Gasteiger partial charge in [-0.25, -0.2) is 0 Å². The Hall–Kier alpha value is -1.26. The Balaban J connectivity index is 3.33. The van der Waals surface area contributed by atoms with E-state index in [2.05, 4.69) is 36.0 Å². The summed E-state index contributed by atoms with van der Waals surface area (Å²) in [6.45, 7) is 0.727. The normalized spacial score (nSPS) is 12.3. The van der Waals surface area contributed by atoms with Gasteiger partial charge >= 0.3 is 12.1 Å². The van der Waals surface area contributed by atoms with Gasteiger partial charge in [-0.1, -0.05) is 63.3 Å². The Labute approximate surface area is 150 Å². The summed E-state index contributed by atoms with van der Waals surface area (Å²) in [5.74, 6) is -0.761. The molecule has 0 aliphatic rings. The maximum Gasteiger partial charge on any atom is 0.422 e. The van der Waals surface area contributed by atoms with E-state index in [1.165, 1.54) is 25.7 Å². The van der Waals surface area contributed by atoms with Crippen molar-refractivity contribution in [3.63, 3.8) is 0 Å². The zero-order valence-electron chi connectivity index (χ0n) is 15.5. The lowest BCUT2D eigenvalue weighted by molar-refractivity contribution is -0.186. The van der Waals surface area contributed by atoms with E-state index in [4.69, 9.17) is 0 Å². The molecule has 0 aromatic carbocycles. The second kappa shape index (κ2) is 16.2. The Morgan fingerprint density at radius 3 is 2.00 bits per heavy atom. The molecule has 0 aliphatic carbocycles. The van der Waals surface area contributed by atoms with Crippen LogP contribution in [0.15, 0.2) is 24.3 Å². The molecule has 0 unspecified atom stereocenters. The third-order valence-electron chi connectivity index (χ3n) is 3.73. The van der Waals surface area contributed by atoms with Gasteiger partial charge in [0, 0.05) is 6.42 Å². The number of carbonyl (C=O) groups excluding carboxylic acids is 1. The Morgan fingerprint density at radius 1 is 0.840 bits per heavy atom. The molecule has 146 valence electrons. The SMILES string of the molecule is CCCCC/C=C\C/C=C\CCCCCCCC(=O)OCC(F)(F)F. The smallest absolute Gasteiger partial charge is 0.422 e. The summed E-state index contributed by atoms with van der Waals surface area (Å²) in [5, 5.41) is 0. The van der Waals surface area contributed by atoms with E-state index in [1.807, 2.05) is 0 Å². The van der Waals surface area contributed by atoms with Crippen LogP contribution in [0.1, 0.15) is 84.0 Å². The van der Waals surface area contributed by atoms with Gasteiger partial charge in [0.15, 0.2) is 6.61 Å². The van der Waals surface area contributed by atoms with Crippen LogP contribution in [0.3, 0.4) is 0 Å². The highest BCUT2D eigenvalue weighted by molar-refractivity contribution is 5.69. The van der Waals surface area contributed by atoms with Crippen molar-refractivity contribution in [3.8, 4) is 0 Å². The minimum absolute atomic E-state index is 0.0700. The molecule has 0 amide bonds. The molecule has 5 heteroatoms. The number of alkyl halides is 3. The quantitative estimate of drug-likeness (QED) is 0.180. The minimum Gasteiger partial charge on any atom is -0.456 e. The van der Waals surface area contributed by atoms with Gasteiger partial charge in [0.2, 0.25) is 0 Å². The van der Waals surface area contributed by atoms with Crippen LogP contribution in [-0.2, 0) is 9.53 Å². The Kier molecular flexibility index (Phi) is 15.4. The first kappa shape index (κ1) is 23.7. The predicted octanol–water partition coefficient (Wildman–Crippen LogP) is 6.91. The van der Waals surface area contributed by atoms with Crippen LogP contribution in [0.25, 0.3) is 0 Å². The molecule has 0 bridgehead atoms. The lowest BCUT2D eigenvalue weighted by atomic mass is 10.1. The molecular weight excluding hydrogens is 329 g/mol. The molecule has 0 saturated carbocycles. The van der Waals surface area contributed by atoms with Crippen LogP contribution >= 0.6 is 0 Å². The fourth-order valence-electron chi connectivity index (χ4n) is 2.32. The van der Waals surface area contributed by atoms with Gasteiger partial charge in [-0.05, 0) is 38.5 Å². The van der Waals surface area contributed by atoms with E-state index >= 15 is 0 Å². The fraction of sp³-hybridized carbons (Fsp3) is 0.750. The van der Waals surface area contributed by atoms with E-state index in [1.54, 1.807) is 0 Å². The molecule has 0 aromatic rings. The first-order valence-electron chi connectivity index (χ1n) is 9.48. The number of hydrogen-bond acceptors (Lipinski definition) is 2. The molecule has 0 aliphatic heterocycles. The van der Waals surface area contributed by atoms with Gasteiger partial charge < -0.3 is 4.74 Å². The summed E-state index contributed by atoms with van der Waals surface area (Å²) in [4.78, 5) is 11.1. The molecule has 0 N–H and O–H groups in total. The van der Waals surface area contributed by atoms with Crippen molar-refractivity contribution in [2.45, 2.75) is 90.1 Å². The molecule has 0 saturated heterocycles. The van der Waals surface area contributed by atoms with Crippen LogP contribution in [-0.4, -0.2) is 18.8 Å². The lowest BCUT2D eigenvalue weighted by Crippen LogP contribution is -2.20. The average Bonchev–Trinajstić information content (AvgIpc) is 2.56. The second-order valence-corrected chi connectivity index (χ2v) is 6.26. The molecule has 0 heterocycles. The number of halogens is 3. The van der Waals surface area contributed by atoms with Crippen molar-refractivity contribution < 1.29 is 22.7 Å². The van der Waals surface area contributed by atoms with Gasteiger partial charge in [-0.3, -0.25) is 4.79 Å². The predicted molar refractivity (Wildman–Crippen MR) is 96.4 cm³/mol. The number of esters is 1. The van der Waals surface area contributed by atoms with Crippen molar-refractivity contribution in [2.24, 2.45) is 0 Å². The zero-order valence-corrected chi connectivity index (χ0v) is 15.5. The monoisotopic (exact) mass is 362 g/mol. The van der Waals surface area contributed by atoms with Crippen LogP contribution in [0, 0.1) is 0 Å². The summed E-state index contributed by atoms with van der Waals surface area (Å²) < 4.78 is 39.7. The molecule has 0 atom stereocenters. The van der Waals surface area contributed by atoms with Crippen LogP contribution in [0.4, 0.5) is 13.2 Å². The van der Waals surface area contributed by atoms with Gasteiger partial charge in [-0.15, -0.1) is 0 Å². The topological polar surface area (TPSA) is 26.3 Å². The standard InChI is InChI=1S/C20H33F3O2/c1-2-3-4-5-6-7-8-9-10-11-12-13-14-15-16-17-19(24)25-18-20(21,22)23/h6-7,9-10H,2-5,8,11-18H2,1H3/b7-6-,10-9-. The van der Waals surface area contributed by atoms with Crippen LogP contribution < -0.4 is 0 Å². The number of rotatable bonds is 15. The number of hydrogen-bond donors (Lipinski definition) is 0. The van der Waals surface area contributed by atoms with Crippen LogP contribution in [0.2, 0.25) is 0 Å². The summed E-state index contributed by atoms with van der Waals surface area (Å²) >= 11 is 0. The minimum atomic E-state index is -4.44. The highest BCUT2D eigenvalue weighted by atomic mass is 19.4. The van der Waals surface area contributed by atoms with Gasteiger partial charge in [0.25, 0.3) is 0 Å². The summed E-state index contributed by atoms with van der Waals surface area (Å²) in [7, 11) is 0. The van der Waals surface area contributed by atoms with Gasteiger partial charge in [-0.2, -0.15) is 13.2 Å². The molecule has 0 rings (SSSR count). The molecule has 0 aromatic heterocycles. The van der Waals surface area contributed by atoms with E-state index < -0.39 is 18.8 Å². The zero-order chi connectivity index (χ0) is 18.8. The molecule has 0 fully saturated rings. The summed E-state index contributed by atoms with van der Waals surface area (Å²) in [6, 6.07) is 0. The largest absolute Gasteiger partial charge is 0.456 e. The maximum absolute atomic E-state index is 11.9. The third kappa shape index (κ3) is 20.7. The van der Waals surface area contributed by atoms with E-state index in [-0.39, 0.29) is 6.42 Å². The molecule has 0 spiro atoms. The fourth-order valence-corrected chi connectivity index (χ4v) is 2.32. The number of ether oxygens (including phenoxy) is 1. The first-order valence-corrected chi connectivity index (χ1v) is 9.48. The lowest BCUT2D eigenvalue weighted by Gasteiger charge is -2.07. The van der Waals surface area contributed by atoms with Crippen molar-refractivity contribution >= 4 is 5.97 Å². The Morgan fingerprint density at radius 2 is 1.40 bits per heavy atom.